The zero-order valence-corrected chi connectivity index (χ0v) is 14.5. The molecule has 0 atom stereocenters. The number of anilines is 1. The maximum Gasteiger partial charge on any atom is 0.262 e. The van der Waals surface area contributed by atoms with Gasteiger partial charge in [-0.2, -0.15) is 0 Å². The second-order valence-electron chi connectivity index (χ2n) is 5.05. The van der Waals surface area contributed by atoms with Gasteiger partial charge in [0, 0.05) is 30.1 Å². The molecule has 0 saturated carbocycles. The molecule has 0 aliphatic rings. The predicted molar refractivity (Wildman–Crippen MR) is 92.0 cm³/mol. The lowest BCUT2D eigenvalue weighted by atomic mass is 10.2. The molecule has 0 aliphatic carbocycles. The van der Waals surface area contributed by atoms with Crippen LogP contribution in [-0.2, 0) is 4.79 Å². The van der Waals surface area contributed by atoms with E-state index in [0.29, 0.717) is 28.6 Å². The average Bonchev–Trinajstić information content (AvgIpc) is 2.60. The molecule has 0 aliphatic heterocycles. The highest BCUT2D eigenvalue weighted by Gasteiger charge is 2.15. The van der Waals surface area contributed by atoms with Crippen molar-refractivity contribution in [2.75, 3.05) is 33.3 Å². The number of hydrogen-bond donors (Lipinski definition) is 2. The normalized spacial score (nSPS) is 10.1. The molecular formula is C17H20N2O6. The summed E-state index contributed by atoms with van der Waals surface area (Å²) in [5.74, 6) is 0.923. The number of carbonyl (C=O) groups excluding carboxylic acids is 1. The summed E-state index contributed by atoms with van der Waals surface area (Å²) in [5.41, 5.74) is 0.701. The van der Waals surface area contributed by atoms with Gasteiger partial charge in [0.15, 0.2) is 23.9 Å². The molecule has 134 valence electrons. The molecule has 1 aromatic heterocycles. The van der Waals surface area contributed by atoms with E-state index in [1.807, 2.05) is 0 Å². The molecule has 0 unspecified atom stereocenters. The Morgan fingerprint density at radius 1 is 1.08 bits per heavy atom. The molecule has 0 fully saturated rings. The van der Waals surface area contributed by atoms with Gasteiger partial charge in [-0.25, -0.2) is 0 Å². The van der Waals surface area contributed by atoms with Crippen LogP contribution in [0.2, 0.25) is 0 Å². The van der Waals surface area contributed by atoms with E-state index in [0.717, 1.165) is 0 Å². The number of hydrogen-bond acceptors (Lipinski definition) is 6. The number of amides is 1. The Kier molecular flexibility index (Phi) is 5.89. The molecule has 1 amide bonds. The maximum absolute atomic E-state index is 12.1. The Morgan fingerprint density at radius 2 is 1.72 bits per heavy atom. The minimum atomic E-state index is -0.433. The summed E-state index contributed by atoms with van der Waals surface area (Å²) in [6.45, 7) is 1.37. The van der Waals surface area contributed by atoms with Crippen molar-refractivity contribution in [3.63, 3.8) is 0 Å². The summed E-state index contributed by atoms with van der Waals surface area (Å²) >= 11 is 0. The van der Waals surface area contributed by atoms with Gasteiger partial charge in [-0.1, -0.05) is 0 Å². The molecule has 0 saturated heterocycles. The van der Waals surface area contributed by atoms with Crippen LogP contribution in [0.25, 0.3) is 0 Å². The van der Waals surface area contributed by atoms with Crippen LogP contribution in [0, 0.1) is 6.92 Å². The second kappa shape index (κ2) is 8.09. The van der Waals surface area contributed by atoms with Gasteiger partial charge in [0.1, 0.15) is 0 Å². The molecule has 8 heteroatoms. The number of aryl methyl sites for hydroxylation is 1. The van der Waals surface area contributed by atoms with Crippen LogP contribution in [-0.4, -0.2) is 38.8 Å². The molecule has 1 aromatic carbocycles. The fraction of sp³-hybridized carbons (Fsp3) is 0.294. The van der Waals surface area contributed by atoms with Crippen LogP contribution in [0.4, 0.5) is 5.69 Å². The molecule has 2 N–H and O–H groups in total. The summed E-state index contributed by atoms with van der Waals surface area (Å²) in [6.07, 6.45) is 1.51. The summed E-state index contributed by atoms with van der Waals surface area (Å²) in [4.78, 5) is 26.7. The van der Waals surface area contributed by atoms with Crippen LogP contribution >= 0.6 is 0 Å². The zero-order valence-electron chi connectivity index (χ0n) is 14.5. The monoisotopic (exact) mass is 348 g/mol. The molecule has 25 heavy (non-hydrogen) atoms. The lowest BCUT2D eigenvalue weighted by Gasteiger charge is -2.15. The van der Waals surface area contributed by atoms with Crippen LogP contribution in [0.5, 0.6) is 23.0 Å². The van der Waals surface area contributed by atoms with Crippen molar-refractivity contribution in [2.45, 2.75) is 6.92 Å². The van der Waals surface area contributed by atoms with Gasteiger partial charge < -0.3 is 29.2 Å². The average molecular weight is 348 g/mol. The molecule has 0 spiro atoms. The Bertz CT molecular complexity index is 790. The molecule has 1 heterocycles. The predicted octanol–water partition coefficient (Wildman–Crippen LogP) is 1.73. The largest absolute Gasteiger partial charge is 0.493 e. The fourth-order valence-electron chi connectivity index (χ4n) is 2.24. The van der Waals surface area contributed by atoms with Gasteiger partial charge in [-0.15, -0.1) is 0 Å². The van der Waals surface area contributed by atoms with Crippen LogP contribution in [0.1, 0.15) is 5.69 Å². The first-order valence-corrected chi connectivity index (χ1v) is 7.41. The number of H-pyrrole nitrogens is 1. The Hall–Kier alpha value is -3.16. The first kappa shape index (κ1) is 18.2. The smallest absolute Gasteiger partial charge is 0.262 e. The van der Waals surface area contributed by atoms with Gasteiger partial charge in [-0.3, -0.25) is 9.59 Å². The number of benzene rings is 1. The van der Waals surface area contributed by atoms with Crippen molar-refractivity contribution in [1.29, 1.82) is 0 Å². The second-order valence-corrected chi connectivity index (χ2v) is 5.05. The van der Waals surface area contributed by atoms with E-state index in [2.05, 4.69) is 10.3 Å². The van der Waals surface area contributed by atoms with E-state index in [-0.39, 0.29) is 17.8 Å². The molecular weight excluding hydrogens is 328 g/mol. The molecule has 2 rings (SSSR count). The Morgan fingerprint density at radius 3 is 2.24 bits per heavy atom. The number of rotatable bonds is 7. The van der Waals surface area contributed by atoms with Crippen molar-refractivity contribution in [3.05, 3.63) is 40.3 Å². The van der Waals surface area contributed by atoms with Crippen molar-refractivity contribution in [3.8, 4) is 23.0 Å². The summed E-state index contributed by atoms with van der Waals surface area (Å²) in [6, 6.07) is 4.53. The number of aromatic amines is 1. The maximum atomic E-state index is 12.1. The molecule has 0 bridgehead atoms. The van der Waals surface area contributed by atoms with E-state index < -0.39 is 5.91 Å². The van der Waals surface area contributed by atoms with E-state index >= 15 is 0 Å². The Labute approximate surface area is 144 Å². The fourth-order valence-corrected chi connectivity index (χ4v) is 2.24. The van der Waals surface area contributed by atoms with Crippen molar-refractivity contribution in [1.82, 2.24) is 4.98 Å². The summed E-state index contributed by atoms with van der Waals surface area (Å²) in [5, 5.41) is 2.66. The van der Waals surface area contributed by atoms with E-state index in [4.69, 9.17) is 18.9 Å². The quantitative estimate of drug-likeness (QED) is 0.791. The first-order valence-electron chi connectivity index (χ1n) is 7.41. The third-order valence-electron chi connectivity index (χ3n) is 3.40. The van der Waals surface area contributed by atoms with Gasteiger partial charge in [-0.05, 0) is 6.92 Å². The first-order chi connectivity index (χ1) is 12.0. The number of carbonyl (C=O) groups is 1. The molecule has 0 radical (unpaired) electrons. The zero-order chi connectivity index (χ0) is 18.4. The topological polar surface area (TPSA) is 98.9 Å². The molecule has 8 nitrogen and oxygen atoms in total. The third kappa shape index (κ3) is 4.23. The highest BCUT2D eigenvalue weighted by atomic mass is 16.5. The van der Waals surface area contributed by atoms with Crippen LogP contribution in [0.15, 0.2) is 29.2 Å². The lowest BCUT2D eigenvalue weighted by molar-refractivity contribution is -0.118. The van der Waals surface area contributed by atoms with E-state index in [1.165, 1.54) is 33.6 Å². The number of methoxy groups -OCH3 is 3. The van der Waals surface area contributed by atoms with E-state index in [9.17, 15) is 9.59 Å². The molecule has 2 aromatic rings. The minimum absolute atomic E-state index is 0.113. The SMILES string of the molecule is COc1cc(NC(=O)COc2c(C)[nH]ccc2=O)cc(OC)c1OC. The van der Waals surface area contributed by atoms with Crippen LogP contribution < -0.4 is 29.7 Å². The summed E-state index contributed by atoms with van der Waals surface area (Å²) < 4.78 is 21.0. The van der Waals surface area contributed by atoms with Gasteiger partial charge >= 0.3 is 0 Å². The lowest BCUT2D eigenvalue weighted by Crippen LogP contribution is -2.22. The highest BCUT2D eigenvalue weighted by molar-refractivity contribution is 5.92. The van der Waals surface area contributed by atoms with Crippen molar-refractivity contribution in [2.24, 2.45) is 0 Å². The Balaban J connectivity index is 2.11. The van der Waals surface area contributed by atoms with Crippen molar-refractivity contribution < 1.29 is 23.7 Å². The standard InChI is InChI=1S/C17H20N2O6/c1-10-16(12(20)5-6-18-10)25-9-15(21)19-11-7-13(22-2)17(24-4)14(8-11)23-3/h5-8H,9H2,1-4H3,(H,18,20)(H,19,21). The van der Waals surface area contributed by atoms with Crippen LogP contribution in [0.3, 0.4) is 0 Å². The third-order valence-corrected chi connectivity index (χ3v) is 3.40. The number of pyridine rings is 1. The number of ether oxygens (including phenoxy) is 4. The van der Waals surface area contributed by atoms with Gasteiger partial charge in [0.25, 0.3) is 5.91 Å². The number of nitrogens with one attached hydrogen (secondary N) is 2. The van der Waals surface area contributed by atoms with Gasteiger partial charge in [0.2, 0.25) is 11.2 Å². The van der Waals surface area contributed by atoms with Gasteiger partial charge in [0.05, 0.1) is 27.0 Å². The van der Waals surface area contributed by atoms with E-state index in [1.54, 1.807) is 19.1 Å². The summed E-state index contributed by atoms with van der Waals surface area (Å²) in [7, 11) is 4.46. The van der Waals surface area contributed by atoms with Crippen molar-refractivity contribution >= 4 is 11.6 Å². The number of aromatic nitrogens is 1. The minimum Gasteiger partial charge on any atom is -0.493 e. The highest BCUT2D eigenvalue weighted by Crippen LogP contribution is 2.39.